The Labute approximate surface area is 194 Å². The summed E-state index contributed by atoms with van der Waals surface area (Å²) in [5.74, 6) is 0.554. The van der Waals surface area contributed by atoms with Crippen molar-refractivity contribution in [2.75, 3.05) is 19.6 Å². The van der Waals surface area contributed by atoms with Crippen molar-refractivity contribution in [3.8, 4) is 0 Å². The van der Waals surface area contributed by atoms with Crippen LogP contribution >= 0.6 is 0 Å². The summed E-state index contributed by atoms with van der Waals surface area (Å²) in [4.78, 5) is 28.1. The minimum atomic E-state index is -0.358. The molecular weight excluding hydrogens is 416 g/mol. The van der Waals surface area contributed by atoms with Gasteiger partial charge in [0.15, 0.2) is 0 Å². The average molecular weight is 451 g/mol. The Morgan fingerprint density at radius 3 is 2.73 bits per heavy atom. The van der Waals surface area contributed by atoms with Crippen LogP contribution in [0.1, 0.15) is 60.8 Å². The lowest BCUT2D eigenvalue weighted by molar-refractivity contribution is -0.121. The predicted molar refractivity (Wildman–Crippen MR) is 130 cm³/mol. The molecule has 2 atom stereocenters. The van der Waals surface area contributed by atoms with Crippen LogP contribution in [0.15, 0.2) is 26.0 Å². The van der Waals surface area contributed by atoms with Crippen molar-refractivity contribution in [1.82, 2.24) is 10.2 Å². The van der Waals surface area contributed by atoms with Gasteiger partial charge in [-0.2, -0.15) is 0 Å². The molecule has 2 aliphatic rings. The van der Waals surface area contributed by atoms with E-state index in [1.807, 2.05) is 26.8 Å². The minimum Gasteiger partial charge on any atom is -0.464 e. The Hall–Kier alpha value is -2.60. The minimum absolute atomic E-state index is 0.0131. The quantitative estimate of drug-likeness (QED) is 0.566. The molecule has 0 aliphatic carbocycles. The summed E-state index contributed by atoms with van der Waals surface area (Å²) in [5.41, 5.74) is 4.35. The Bertz CT molecular complexity index is 1250. The first kappa shape index (κ1) is 22.2. The molecule has 2 aliphatic heterocycles. The van der Waals surface area contributed by atoms with E-state index >= 15 is 0 Å². The lowest BCUT2D eigenvalue weighted by Gasteiger charge is -2.44. The van der Waals surface area contributed by atoms with Crippen molar-refractivity contribution in [2.45, 2.75) is 71.8 Å². The second-order valence-electron chi connectivity index (χ2n) is 9.97. The van der Waals surface area contributed by atoms with Crippen LogP contribution in [0, 0.1) is 26.7 Å². The molecule has 1 amide bonds. The number of piperidine rings is 2. The van der Waals surface area contributed by atoms with E-state index in [0.29, 0.717) is 35.9 Å². The monoisotopic (exact) mass is 450 g/mol. The van der Waals surface area contributed by atoms with E-state index < -0.39 is 0 Å². The number of hydrogen-bond donors (Lipinski definition) is 1. The summed E-state index contributed by atoms with van der Waals surface area (Å²) >= 11 is 0. The van der Waals surface area contributed by atoms with Gasteiger partial charge in [-0.25, -0.2) is 4.79 Å². The maximum atomic E-state index is 12.8. The van der Waals surface area contributed by atoms with E-state index in [4.69, 9.17) is 8.83 Å². The second-order valence-corrected chi connectivity index (χ2v) is 9.97. The van der Waals surface area contributed by atoms with Gasteiger partial charge < -0.3 is 19.1 Å². The molecule has 3 aromatic rings. The molecule has 176 valence electrons. The molecule has 0 radical (unpaired) electrons. The van der Waals surface area contributed by atoms with Gasteiger partial charge in [-0.3, -0.25) is 4.79 Å². The summed E-state index contributed by atoms with van der Waals surface area (Å²) in [7, 11) is 0. The van der Waals surface area contributed by atoms with Gasteiger partial charge in [0.1, 0.15) is 11.2 Å². The first-order valence-electron chi connectivity index (χ1n) is 12.4. The van der Waals surface area contributed by atoms with E-state index in [1.54, 1.807) is 6.26 Å². The lowest BCUT2D eigenvalue weighted by Crippen LogP contribution is -2.51. The lowest BCUT2D eigenvalue weighted by atomic mass is 9.83. The summed E-state index contributed by atoms with van der Waals surface area (Å²) in [6.45, 7) is 9.03. The summed E-state index contributed by atoms with van der Waals surface area (Å²) < 4.78 is 11.4. The first-order chi connectivity index (χ1) is 15.9. The Balaban J connectivity index is 1.29. The molecule has 1 N–H and O–H groups in total. The number of furan rings is 1. The van der Waals surface area contributed by atoms with Crippen LogP contribution in [0.4, 0.5) is 0 Å². The van der Waals surface area contributed by atoms with E-state index in [-0.39, 0.29) is 11.5 Å². The molecule has 6 nitrogen and oxygen atoms in total. The van der Waals surface area contributed by atoms with Crippen molar-refractivity contribution < 1.29 is 13.6 Å². The van der Waals surface area contributed by atoms with Crippen molar-refractivity contribution in [1.29, 1.82) is 0 Å². The van der Waals surface area contributed by atoms with E-state index in [1.165, 1.54) is 45.2 Å². The highest BCUT2D eigenvalue weighted by atomic mass is 16.4. The normalized spacial score (nSPS) is 21.4. The van der Waals surface area contributed by atoms with Gasteiger partial charge in [-0.05, 0) is 89.1 Å². The van der Waals surface area contributed by atoms with Gasteiger partial charge in [0, 0.05) is 40.9 Å². The van der Waals surface area contributed by atoms with E-state index in [2.05, 4.69) is 10.2 Å². The van der Waals surface area contributed by atoms with Gasteiger partial charge in [0.05, 0.1) is 6.26 Å². The molecule has 2 saturated heterocycles. The van der Waals surface area contributed by atoms with Crippen molar-refractivity contribution in [3.05, 3.63) is 45.0 Å². The van der Waals surface area contributed by atoms with Gasteiger partial charge >= 0.3 is 5.63 Å². The van der Waals surface area contributed by atoms with Crippen LogP contribution in [0.2, 0.25) is 0 Å². The number of amides is 1. The van der Waals surface area contributed by atoms with Crippen molar-refractivity contribution in [2.24, 2.45) is 5.92 Å². The standard InChI is InChI=1S/C27H34N2O4/c1-16-15-32-25-18(3)26-22(13-21(16)25)17(2)20(27(31)33-26)9-10-24(30)28-14-19-7-6-12-29-11-5-4-8-23(19)29/h13,15,19,23H,4-12,14H2,1-3H3,(H,28,30)/t19-,23+/m0/s1. The first-order valence-corrected chi connectivity index (χ1v) is 12.4. The maximum Gasteiger partial charge on any atom is 0.339 e. The van der Waals surface area contributed by atoms with Crippen molar-refractivity contribution in [3.63, 3.8) is 0 Å². The third kappa shape index (κ3) is 4.10. The molecule has 0 unspecified atom stereocenters. The van der Waals surface area contributed by atoms with E-state index in [0.717, 1.165) is 39.6 Å². The summed E-state index contributed by atoms with van der Waals surface area (Å²) in [5, 5.41) is 5.11. The third-order valence-corrected chi connectivity index (χ3v) is 7.93. The number of fused-ring (bicyclic) bond motifs is 3. The summed E-state index contributed by atoms with van der Waals surface area (Å²) in [6, 6.07) is 2.66. The number of carbonyl (C=O) groups is 1. The van der Waals surface area contributed by atoms with Gasteiger partial charge in [0.2, 0.25) is 5.91 Å². The fourth-order valence-corrected chi connectivity index (χ4v) is 5.99. The Kier molecular flexibility index (Phi) is 6.04. The zero-order valence-corrected chi connectivity index (χ0v) is 20.0. The van der Waals surface area contributed by atoms with Crippen LogP contribution in [0.5, 0.6) is 0 Å². The molecular formula is C27H34N2O4. The number of nitrogens with one attached hydrogen (secondary N) is 1. The van der Waals surface area contributed by atoms with E-state index in [9.17, 15) is 9.59 Å². The SMILES string of the molecule is Cc1coc2c(C)c3oc(=O)c(CCC(=O)NC[C@@H]4CCCN5CCCC[C@H]45)c(C)c3cc12. The molecule has 0 spiro atoms. The highest BCUT2D eigenvalue weighted by Gasteiger charge is 2.32. The molecule has 0 saturated carbocycles. The molecule has 6 heteroatoms. The number of benzene rings is 1. The average Bonchev–Trinajstić information content (AvgIpc) is 3.19. The molecule has 4 heterocycles. The largest absolute Gasteiger partial charge is 0.464 e. The van der Waals surface area contributed by atoms with Crippen LogP contribution < -0.4 is 10.9 Å². The zero-order valence-electron chi connectivity index (χ0n) is 20.0. The molecule has 2 aromatic heterocycles. The highest BCUT2D eigenvalue weighted by Crippen LogP contribution is 2.33. The molecule has 2 fully saturated rings. The molecule has 0 bridgehead atoms. The van der Waals surface area contributed by atoms with Crippen LogP contribution in [0.25, 0.3) is 21.9 Å². The number of nitrogens with zero attached hydrogens (tertiary/aromatic N) is 1. The maximum absolute atomic E-state index is 12.8. The number of rotatable bonds is 5. The van der Waals surface area contributed by atoms with Crippen molar-refractivity contribution >= 4 is 27.8 Å². The molecule has 5 rings (SSSR count). The topological polar surface area (TPSA) is 75.7 Å². The number of hydrogen-bond acceptors (Lipinski definition) is 5. The molecule has 1 aromatic carbocycles. The van der Waals surface area contributed by atoms with Crippen LogP contribution in [0.3, 0.4) is 0 Å². The molecule has 33 heavy (non-hydrogen) atoms. The smallest absolute Gasteiger partial charge is 0.339 e. The van der Waals surface area contributed by atoms with Crippen LogP contribution in [-0.4, -0.2) is 36.5 Å². The van der Waals surface area contributed by atoms with Crippen LogP contribution in [-0.2, 0) is 11.2 Å². The zero-order chi connectivity index (χ0) is 23.1. The summed E-state index contributed by atoms with van der Waals surface area (Å²) in [6.07, 6.45) is 8.67. The van der Waals surface area contributed by atoms with Gasteiger partial charge in [-0.1, -0.05) is 6.42 Å². The Morgan fingerprint density at radius 2 is 1.88 bits per heavy atom. The highest BCUT2D eigenvalue weighted by molar-refractivity contribution is 5.99. The van der Waals surface area contributed by atoms with Gasteiger partial charge in [0.25, 0.3) is 0 Å². The fourth-order valence-electron chi connectivity index (χ4n) is 5.99. The number of carbonyl (C=O) groups excluding carboxylic acids is 1. The Morgan fingerprint density at radius 1 is 1.06 bits per heavy atom. The number of aryl methyl sites for hydroxylation is 3. The fraction of sp³-hybridized carbons (Fsp3) is 0.556. The second kappa shape index (κ2) is 8.98. The third-order valence-electron chi connectivity index (χ3n) is 7.93. The predicted octanol–water partition coefficient (Wildman–Crippen LogP) is 4.78. The van der Waals surface area contributed by atoms with Gasteiger partial charge in [-0.15, -0.1) is 0 Å².